The van der Waals surface area contributed by atoms with E-state index in [1.165, 1.54) is 0 Å². The lowest BCUT2D eigenvalue weighted by atomic mass is 10.0. The summed E-state index contributed by atoms with van der Waals surface area (Å²) in [6.07, 6.45) is 1.99. The van der Waals surface area contributed by atoms with Crippen molar-refractivity contribution in [2.45, 2.75) is 25.8 Å². The lowest BCUT2D eigenvalue weighted by molar-refractivity contribution is -0.124. The van der Waals surface area contributed by atoms with Crippen LogP contribution in [-0.4, -0.2) is 29.5 Å². The Morgan fingerprint density at radius 3 is 2.63 bits per heavy atom. The second kappa shape index (κ2) is 7.19. The third kappa shape index (κ3) is 3.97. The molecule has 1 amide bonds. The van der Waals surface area contributed by atoms with E-state index in [9.17, 15) is 9.59 Å². The molecule has 4 rings (SSSR count). The van der Waals surface area contributed by atoms with Gasteiger partial charge in [0.15, 0.2) is 6.61 Å². The molecule has 1 N–H and O–H groups in total. The van der Waals surface area contributed by atoms with Crippen molar-refractivity contribution < 1.29 is 14.3 Å². The summed E-state index contributed by atoms with van der Waals surface area (Å²) in [5.74, 6) is -0.778. The fraction of sp³-hybridized carbons (Fsp3) is 0.227. The minimum absolute atomic E-state index is 0.241. The summed E-state index contributed by atoms with van der Waals surface area (Å²) in [6, 6.07) is 17.4. The second-order valence-corrected chi connectivity index (χ2v) is 6.86. The number of nitrogens with zero attached hydrogens (tertiary/aromatic N) is 1. The Kier molecular flexibility index (Phi) is 4.59. The van der Waals surface area contributed by atoms with Crippen LogP contribution in [0.1, 0.15) is 28.8 Å². The van der Waals surface area contributed by atoms with E-state index in [2.05, 4.69) is 10.3 Å². The Hall–Kier alpha value is -3.21. The normalized spacial score (nSPS) is 13.4. The van der Waals surface area contributed by atoms with Gasteiger partial charge in [-0.3, -0.25) is 4.79 Å². The maximum atomic E-state index is 12.7. The lowest BCUT2D eigenvalue weighted by Gasteiger charge is -2.11. The minimum atomic E-state index is -0.517. The third-order valence-electron chi connectivity index (χ3n) is 4.53. The first-order chi connectivity index (χ1) is 13.1. The minimum Gasteiger partial charge on any atom is -0.452 e. The first-order valence-corrected chi connectivity index (χ1v) is 9.03. The molecule has 1 saturated carbocycles. The molecule has 1 fully saturated rings. The highest BCUT2D eigenvalue weighted by atomic mass is 16.5. The number of hydrogen-bond donors (Lipinski definition) is 1. The molecular formula is C22H20N2O3. The number of rotatable bonds is 5. The van der Waals surface area contributed by atoms with Gasteiger partial charge in [-0.25, -0.2) is 9.78 Å². The number of ether oxygens (including phenoxy) is 1. The number of hydrogen-bond acceptors (Lipinski definition) is 4. The molecule has 3 aromatic rings. The fourth-order valence-corrected chi connectivity index (χ4v) is 2.97. The first-order valence-electron chi connectivity index (χ1n) is 9.03. The molecule has 2 aromatic carbocycles. The van der Waals surface area contributed by atoms with E-state index in [0.29, 0.717) is 11.3 Å². The highest BCUT2D eigenvalue weighted by molar-refractivity contribution is 6.05. The van der Waals surface area contributed by atoms with Crippen molar-refractivity contribution >= 4 is 22.8 Å². The van der Waals surface area contributed by atoms with E-state index >= 15 is 0 Å². The van der Waals surface area contributed by atoms with Gasteiger partial charge < -0.3 is 10.1 Å². The number of carbonyl (C=O) groups excluding carboxylic acids is 2. The van der Waals surface area contributed by atoms with Crippen molar-refractivity contribution in [3.05, 3.63) is 65.7 Å². The van der Waals surface area contributed by atoms with Crippen LogP contribution in [0.3, 0.4) is 0 Å². The molecule has 1 aromatic heterocycles. The number of carbonyl (C=O) groups is 2. The Morgan fingerprint density at radius 1 is 1.11 bits per heavy atom. The Morgan fingerprint density at radius 2 is 1.89 bits per heavy atom. The molecule has 1 heterocycles. The van der Waals surface area contributed by atoms with Crippen molar-refractivity contribution in [3.8, 4) is 11.3 Å². The maximum Gasteiger partial charge on any atom is 0.339 e. The zero-order valence-corrected chi connectivity index (χ0v) is 15.1. The van der Waals surface area contributed by atoms with Crippen molar-refractivity contribution in [2.24, 2.45) is 0 Å². The van der Waals surface area contributed by atoms with Crippen LogP contribution < -0.4 is 5.32 Å². The topological polar surface area (TPSA) is 68.3 Å². The van der Waals surface area contributed by atoms with Crippen molar-refractivity contribution in [1.29, 1.82) is 0 Å². The van der Waals surface area contributed by atoms with Crippen molar-refractivity contribution in [1.82, 2.24) is 10.3 Å². The molecule has 1 aliphatic carbocycles. The predicted octanol–water partition coefficient (Wildman–Crippen LogP) is 3.65. The van der Waals surface area contributed by atoms with Gasteiger partial charge in [0.25, 0.3) is 5.91 Å². The SMILES string of the molecule is Cc1ccc2nc(-c3ccccc3)cc(C(=O)OCC(=O)NC3CC3)c2c1. The quantitative estimate of drug-likeness (QED) is 0.705. The zero-order chi connectivity index (χ0) is 18.8. The summed E-state index contributed by atoms with van der Waals surface area (Å²) in [5, 5.41) is 3.54. The van der Waals surface area contributed by atoms with Gasteiger partial charge in [-0.05, 0) is 38.0 Å². The molecule has 136 valence electrons. The highest BCUT2D eigenvalue weighted by Gasteiger charge is 2.24. The number of esters is 1. The van der Waals surface area contributed by atoms with Crippen LogP contribution in [0.4, 0.5) is 0 Å². The lowest BCUT2D eigenvalue weighted by Crippen LogP contribution is -2.30. The van der Waals surface area contributed by atoms with Gasteiger partial charge >= 0.3 is 5.97 Å². The van der Waals surface area contributed by atoms with Crippen LogP contribution in [0.5, 0.6) is 0 Å². The molecule has 0 spiro atoms. The number of aryl methyl sites for hydroxylation is 1. The maximum absolute atomic E-state index is 12.7. The number of amides is 1. The molecule has 5 nitrogen and oxygen atoms in total. The second-order valence-electron chi connectivity index (χ2n) is 6.86. The van der Waals surface area contributed by atoms with E-state index < -0.39 is 5.97 Å². The molecule has 0 aliphatic heterocycles. The Balaban J connectivity index is 1.67. The average Bonchev–Trinajstić information content (AvgIpc) is 3.50. The van der Waals surface area contributed by atoms with Gasteiger partial charge in [-0.1, -0.05) is 42.0 Å². The molecule has 0 radical (unpaired) electrons. The smallest absolute Gasteiger partial charge is 0.339 e. The molecule has 0 atom stereocenters. The van der Waals surface area contributed by atoms with E-state index in [-0.39, 0.29) is 18.6 Å². The number of fused-ring (bicyclic) bond motifs is 1. The molecule has 0 saturated heterocycles. The molecule has 1 aliphatic rings. The summed E-state index contributed by atoms with van der Waals surface area (Å²) in [7, 11) is 0. The van der Waals surface area contributed by atoms with E-state index in [1.807, 2.05) is 55.5 Å². The van der Waals surface area contributed by atoms with Crippen LogP contribution >= 0.6 is 0 Å². The highest BCUT2D eigenvalue weighted by Crippen LogP contribution is 2.26. The van der Waals surface area contributed by atoms with E-state index in [4.69, 9.17) is 4.74 Å². The summed E-state index contributed by atoms with van der Waals surface area (Å²) >= 11 is 0. The fourth-order valence-electron chi connectivity index (χ4n) is 2.97. The van der Waals surface area contributed by atoms with Gasteiger partial charge in [-0.15, -0.1) is 0 Å². The Labute approximate surface area is 157 Å². The van der Waals surface area contributed by atoms with Gasteiger partial charge in [0.05, 0.1) is 16.8 Å². The monoisotopic (exact) mass is 360 g/mol. The van der Waals surface area contributed by atoms with Gasteiger partial charge in [0.1, 0.15) is 0 Å². The Bertz CT molecular complexity index is 1010. The molecule has 5 heteroatoms. The zero-order valence-electron chi connectivity index (χ0n) is 15.1. The van der Waals surface area contributed by atoms with Crippen LogP contribution in [0, 0.1) is 6.92 Å². The van der Waals surface area contributed by atoms with Gasteiger partial charge in [0.2, 0.25) is 0 Å². The molecule has 0 bridgehead atoms. The van der Waals surface area contributed by atoms with E-state index in [1.54, 1.807) is 6.07 Å². The van der Waals surface area contributed by atoms with Crippen molar-refractivity contribution in [2.75, 3.05) is 6.61 Å². The molecule has 27 heavy (non-hydrogen) atoms. The summed E-state index contributed by atoms with van der Waals surface area (Å²) in [4.78, 5) is 29.2. The van der Waals surface area contributed by atoms with Crippen LogP contribution in [0.25, 0.3) is 22.2 Å². The van der Waals surface area contributed by atoms with Gasteiger partial charge in [-0.2, -0.15) is 0 Å². The number of nitrogens with one attached hydrogen (secondary N) is 1. The third-order valence-corrected chi connectivity index (χ3v) is 4.53. The molecule has 0 unspecified atom stereocenters. The summed E-state index contributed by atoms with van der Waals surface area (Å²) < 4.78 is 5.28. The number of pyridine rings is 1. The van der Waals surface area contributed by atoms with Gasteiger partial charge in [0, 0.05) is 17.0 Å². The number of aromatic nitrogens is 1. The first kappa shape index (κ1) is 17.2. The predicted molar refractivity (Wildman–Crippen MR) is 103 cm³/mol. The molecular weight excluding hydrogens is 340 g/mol. The van der Waals surface area contributed by atoms with Crippen LogP contribution in [0.2, 0.25) is 0 Å². The summed E-state index contributed by atoms with van der Waals surface area (Å²) in [6.45, 7) is 1.69. The standard InChI is InChI=1S/C22H20N2O3/c1-14-7-10-19-17(11-14)18(12-20(24-19)15-5-3-2-4-6-15)22(26)27-13-21(25)23-16-8-9-16/h2-7,10-12,16H,8-9,13H2,1H3,(H,23,25). The average molecular weight is 360 g/mol. The van der Waals surface area contributed by atoms with Crippen LogP contribution in [0.15, 0.2) is 54.6 Å². The summed E-state index contributed by atoms with van der Waals surface area (Å²) in [5.41, 5.74) is 3.78. The van der Waals surface area contributed by atoms with Crippen LogP contribution in [-0.2, 0) is 9.53 Å². The largest absolute Gasteiger partial charge is 0.452 e. The van der Waals surface area contributed by atoms with E-state index in [0.717, 1.165) is 34.9 Å². The van der Waals surface area contributed by atoms with Crippen molar-refractivity contribution in [3.63, 3.8) is 0 Å². The number of benzene rings is 2.